The minimum absolute atomic E-state index is 0.863. The molecule has 2 aliphatic rings. The van der Waals surface area contributed by atoms with Crippen molar-refractivity contribution in [3.05, 3.63) is 180 Å². The van der Waals surface area contributed by atoms with E-state index in [0.717, 1.165) is 95.0 Å². The average Bonchev–Trinajstić information content (AvgIpc) is 4.08. The van der Waals surface area contributed by atoms with Crippen LogP contribution < -0.4 is 0 Å². The van der Waals surface area contributed by atoms with Crippen molar-refractivity contribution in [3.63, 3.8) is 0 Å². The Morgan fingerprint density at radius 3 is 1.23 bits per heavy atom. The summed E-state index contributed by atoms with van der Waals surface area (Å²) in [6.07, 6.45) is 14.2. The number of nitrogens with zero attached hydrogens (tertiary/aromatic N) is 4. The summed E-state index contributed by atoms with van der Waals surface area (Å²) in [6.45, 7) is 6.36. The molecule has 0 spiro atoms. The van der Waals surface area contributed by atoms with E-state index >= 15 is 0 Å². The maximum absolute atomic E-state index is 5.49. The van der Waals surface area contributed by atoms with Crippen molar-refractivity contribution in [1.29, 1.82) is 0 Å². The van der Waals surface area contributed by atoms with Crippen LogP contribution in [-0.4, -0.2) is 29.5 Å². The molecule has 0 fully saturated rings. The van der Waals surface area contributed by atoms with E-state index in [1.807, 2.05) is 18.7 Å². The maximum atomic E-state index is 5.49. The van der Waals surface area contributed by atoms with Crippen molar-refractivity contribution in [2.24, 2.45) is 0 Å². The van der Waals surface area contributed by atoms with Crippen LogP contribution in [0, 0.1) is 20.8 Å². The Bertz CT molecular complexity index is 2970. The molecule has 0 saturated heterocycles. The SMILES string of the molecule is Cc1ccc(-c2c3nc(c(-c4ccc(C)cc4)c4ccc([nH]4)c(-c4ccccc4-n4ccnc4)c4nc(c(-c5ccc(C)cc5)c5ccc2[nH]5)C=C4)C=C3)cc1. The van der Waals surface area contributed by atoms with Gasteiger partial charge in [-0.3, -0.25) is 0 Å². The van der Waals surface area contributed by atoms with Crippen LogP contribution in [0.15, 0.2) is 140 Å². The van der Waals surface area contributed by atoms with Gasteiger partial charge in [-0.05, 0) is 92.1 Å². The van der Waals surface area contributed by atoms with E-state index < -0.39 is 0 Å². The summed E-state index contributed by atoms with van der Waals surface area (Å²) in [7, 11) is 0. The lowest BCUT2D eigenvalue weighted by atomic mass is 10.0. The van der Waals surface area contributed by atoms with E-state index in [1.54, 1.807) is 0 Å². The number of hydrogen-bond donors (Lipinski definition) is 2. The third kappa shape index (κ3) is 5.89. The van der Waals surface area contributed by atoms with E-state index in [9.17, 15) is 0 Å². The Morgan fingerprint density at radius 2 is 0.821 bits per heavy atom. The van der Waals surface area contributed by atoms with Gasteiger partial charge in [0, 0.05) is 62.3 Å². The number of aromatic amines is 2. The Balaban J connectivity index is 1.39. The fraction of sp³-hybridized carbons (Fsp3) is 0.0600. The molecule has 4 aromatic heterocycles. The molecule has 0 aliphatic carbocycles. The summed E-state index contributed by atoms with van der Waals surface area (Å²) in [5, 5.41) is 0. The molecule has 0 amide bonds. The highest BCUT2D eigenvalue weighted by molar-refractivity contribution is 6.00. The van der Waals surface area contributed by atoms with Crippen LogP contribution in [0.4, 0.5) is 0 Å². The van der Waals surface area contributed by atoms with E-state index in [1.165, 1.54) is 16.7 Å². The van der Waals surface area contributed by atoms with Gasteiger partial charge in [-0.1, -0.05) is 108 Å². The van der Waals surface area contributed by atoms with E-state index in [-0.39, 0.29) is 0 Å². The largest absolute Gasteiger partial charge is 0.354 e. The summed E-state index contributed by atoms with van der Waals surface area (Å²) in [5.74, 6) is 0. The van der Waals surface area contributed by atoms with Gasteiger partial charge in [-0.15, -0.1) is 0 Å². The predicted octanol–water partition coefficient (Wildman–Crippen LogP) is 12.4. The Kier molecular flexibility index (Phi) is 8.03. The van der Waals surface area contributed by atoms with Crippen molar-refractivity contribution in [3.8, 4) is 50.2 Å². The molecule has 0 unspecified atom stereocenters. The lowest BCUT2D eigenvalue weighted by molar-refractivity contribution is 1.06. The van der Waals surface area contributed by atoms with Gasteiger partial charge in [0.1, 0.15) is 0 Å². The topological polar surface area (TPSA) is 75.2 Å². The lowest BCUT2D eigenvalue weighted by Crippen LogP contribution is -1.96. The smallest absolute Gasteiger partial charge is 0.0991 e. The summed E-state index contributed by atoms with van der Waals surface area (Å²) in [6, 6.07) is 43.2. The predicted molar refractivity (Wildman–Crippen MR) is 232 cm³/mol. The van der Waals surface area contributed by atoms with Crippen LogP contribution in [0.3, 0.4) is 0 Å². The summed E-state index contributed by atoms with van der Waals surface area (Å²) >= 11 is 0. The zero-order valence-corrected chi connectivity index (χ0v) is 31.4. The van der Waals surface area contributed by atoms with Gasteiger partial charge in [0.05, 0.1) is 34.8 Å². The minimum atomic E-state index is 0.863. The van der Waals surface area contributed by atoms with Crippen molar-refractivity contribution in [2.45, 2.75) is 20.8 Å². The number of imidazole rings is 1. The molecular weight excluding hydrogens is 685 g/mol. The zero-order chi connectivity index (χ0) is 37.8. The van der Waals surface area contributed by atoms with Gasteiger partial charge in [0.2, 0.25) is 0 Å². The first kappa shape index (κ1) is 33.3. The summed E-state index contributed by atoms with van der Waals surface area (Å²) in [4.78, 5) is 23.0. The lowest BCUT2D eigenvalue weighted by Gasteiger charge is -2.12. The number of aromatic nitrogens is 6. The fourth-order valence-corrected chi connectivity index (χ4v) is 7.87. The third-order valence-electron chi connectivity index (χ3n) is 10.7. The molecular formula is C50H38N6. The van der Waals surface area contributed by atoms with Gasteiger partial charge in [-0.2, -0.15) is 0 Å². The van der Waals surface area contributed by atoms with Gasteiger partial charge < -0.3 is 14.5 Å². The summed E-state index contributed by atoms with van der Waals surface area (Å²) < 4.78 is 2.06. The Hall–Kier alpha value is -7.31. The van der Waals surface area contributed by atoms with Crippen LogP contribution >= 0.6 is 0 Å². The number of fused-ring (bicyclic) bond motifs is 8. The molecule has 0 radical (unpaired) electrons. The molecule has 56 heavy (non-hydrogen) atoms. The second-order valence-electron chi connectivity index (χ2n) is 14.6. The number of aryl methyl sites for hydroxylation is 3. The number of benzene rings is 4. The molecule has 0 atom stereocenters. The number of rotatable bonds is 5. The standard InChI is InChI=1S/C50H38N6/c1-31-8-14-34(15-9-31)47-38-20-22-40(52-38)48(35-16-10-32(2)11-17-35)42-24-26-44(54-42)50(37-6-4-5-7-46(37)56-29-28-51-30-56)45-27-25-43(55-45)49(41-23-21-39(47)53-41)36-18-12-33(3)13-19-36/h4-30,52,55H,1-3H3. The summed E-state index contributed by atoms with van der Waals surface area (Å²) in [5.41, 5.74) is 20.4. The van der Waals surface area contributed by atoms with Crippen molar-refractivity contribution >= 4 is 46.4 Å². The first-order valence-electron chi connectivity index (χ1n) is 18.9. The quantitative estimate of drug-likeness (QED) is 0.186. The molecule has 6 heterocycles. The first-order chi connectivity index (χ1) is 27.5. The number of para-hydroxylation sites is 1. The van der Waals surface area contributed by atoms with Crippen molar-refractivity contribution < 1.29 is 0 Å². The van der Waals surface area contributed by atoms with Gasteiger partial charge in [0.25, 0.3) is 0 Å². The van der Waals surface area contributed by atoms with Gasteiger partial charge in [-0.25, -0.2) is 15.0 Å². The van der Waals surface area contributed by atoms with Crippen LogP contribution in [0.1, 0.15) is 39.5 Å². The highest BCUT2D eigenvalue weighted by atomic mass is 15.0. The molecule has 6 nitrogen and oxygen atoms in total. The van der Waals surface area contributed by atoms with Crippen LogP contribution in [0.2, 0.25) is 0 Å². The molecule has 2 N–H and O–H groups in total. The molecule has 268 valence electrons. The molecule has 10 rings (SSSR count). The van der Waals surface area contributed by atoms with E-state index in [0.29, 0.717) is 0 Å². The van der Waals surface area contributed by atoms with Gasteiger partial charge >= 0.3 is 0 Å². The zero-order valence-electron chi connectivity index (χ0n) is 31.4. The molecule has 6 heteroatoms. The number of hydrogen-bond acceptors (Lipinski definition) is 3. The number of H-pyrrole nitrogens is 2. The maximum Gasteiger partial charge on any atom is 0.0991 e. The second kappa shape index (κ2) is 13.5. The molecule has 8 bridgehead atoms. The molecule has 2 aliphatic heterocycles. The van der Waals surface area contributed by atoms with E-state index in [4.69, 9.17) is 9.97 Å². The van der Waals surface area contributed by atoms with Crippen LogP contribution in [-0.2, 0) is 0 Å². The molecule has 0 saturated carbocycles. The second-order valence-corrected chi connectivity index (χ2v) is 14.6. The van der Waals surface area contributed by atoms with Crippen molar-refractivity contribution in [2.75, 3.05) is 0 Å². The normalized spacial score (nSPS) is 12.1. The highest BCUT2D eigenvalue weighted by Crippen LogP contribution is 2.39. The monoisotopic (exact) mass is 722 g/mol. The Labute approximate surface area is 325 Å². The third-order valence-corrected chi connectivity index (χ3v) is 10.7. The van der Waals surface area contributed by atoms with Crippen LogP contribution in [0.25, 0.3) is 96.6 Å². The van der Waals surface area contributed by atoms with Crippen molar-refractivity contribution in [1.82, 2.24) is 29.5 Å². The number of nitrogens with one attached hydrogen (secondary N) is 2. The van der Waals surface area contributed by atoms with Gasteiger partial charge in [0.15, 0.2) is 0 Å². The first-order valence-corrected chi connectivity index (χ1v) is 18.9. The molecule has 8 aromatic rings. The fourth-order valence-electron chi connectivity index (χ4n) is 7.87. The van der Waals surface area contributed by atoms with E-state index in [2.05, 4.69) is 186 Å². The van der Waals surface area contributed by atoms with Crippen LogP contribution in [0.5, 0.6) is 0 Å². The highest BCUT2D eigenvalue weighted by Gasteiger charge is 2.20. The Morgan fingerprint density at radius 1 is 0.429 bits per heavy atom. The minimum Gasteiger partial charge on any atom is -0.354 e. The molecule has 4 aromatic carbocycles. The average molecular weight is 723 g/mol.